The van der Waals surface area contributed by atoms with E-state index in [-0.39, 0.29) is 33.9 Å². The lowest BCUT2D eigenvalue weighted by atomic mass is 9.99. The van der Waals surface area contributed by atoms with E-state index in [1.54, 1.807) is 24.3 Å². The average molecular weight is 467 g/mol. The van der Waals surface area contributed by atoms with E-state index in [1.807, 2.05) is 19.9 Å². The second kappa shape index (κ2) is 8.12. The van der Waals surface area contributed by atoms with Gasteiger partial charge in [-0.05, 0) is 62.1 Å². The third-order valence-corrected chi connectivity index (χ3v) is 6.20. The Morgan fingerprint density at radius 2 is 2.06 bits per heavy atom. The molecular weight excluding hydrogens is 445 g/mol. The number of carbonyl (C=O) groups excluding carboxylic acids is 1. The van der Waals surface area contributed by atoms with Gasteiger partial charge in [-0.3, -0.25) is 9.59 Å². The van der Waals surface area contributed by atoms with Crippen molar-refractivity contribution in [2.75, 3.05) is 0 Å². The fourth-order valence-electron chi connectivity index (χ4n) is 3.99. The summed E-state index contributed by atoms with van der Waals surface area (Å²) in [7, 11) is 0. The van der Waals surface area contributed by atoms with Gasteiger partial charge in [0.15, 0.2) is 0 Å². The summed E-state index contributed by atoms with van der Waals surface area (Å²) in [5.74, 6) is -0.483. The van der Waals surface area contributed by atoms with Crippen molar-refractivity contribution in [1.29, 1.82) is 0 Å². The molecule has 1 aliphatic carbocycles. The molecule has 0 spiro atoms. The van der Waals surface area contributed by atoms with Crippen LogP contribution in [-0.4, -0.2) is 26.8 Å². The molecule has 5 rings (SSSR count). The number of hydrogen-bond acceptors (Lipinski definition) is 3. The van der Waals surface area contributed by atoms with Crippen LogP contribution < -0.4 is 15.4 Å². The first kappa shape index (κ1) is 21.3. The van der Waals surface area contributed by atoms with Crippen molar-refractivity contribution >= 4 is 23.2 Å². The lowest BCUT2D eigenvalue weighted by molar-refractivity contribution is -0.605. The van der Waals surface area contributed by atoms with Gasteiger partial charge in [0.1, 0.15) is 11.4 Å². The van der Waals surface area contributed by atoms with Gasteiger partial charge in [0.2, 0.25) is 0 Å². The lowest BCUT2D eigenvalue weighted by Crippen LogP contribution is -2.45. The molecule has 0 bridgehead atoms. The molecule has 2 heterocycles. The molecule has 0 saturated heterocycles. The highest BCUT2D eigenvalue weighted by Crippen LogP contribution is 2.28. The highest BCUT2D eigenvalue weighted by molar-refractivity contribution is 6.33. The van der Waals surface area contributed by atoms with Crippen molar-refractivity contribution in [3.8, 4) is 22.5 Å². The molecule has 4 aromatic rings. The first-order chi connectivity index (χ1) is 15.9. The van der Waals surface area contributed by atoms with Crippen molar-refractivity contribution in [2.45, 2.75) is 39.3 Å². The van der Waals surface area contributed by atoms with E-state index in [2.05, 4.69) is 15.5 Å². The molecule has 33 heavy (non-hydrogen) atoms. The summed E-state index contributed by atoms with van der Waals surface area (Å²) in [6.45, 7) is 4.03. The smallest absolute Gasteiger partial charge is 0.335 e. The lowest BCUT2D eigenvalue weighted by Gasteiger charge is -2.11. The number of aromatic nitrogens is 4. The molecule has 2 aromatic heterocycles. The second-order valence-electron chi connectivity index (χ2n) is 8.20. The molecule has 7 nitrogen and oxygen atoms in total. The summed E-state index contributed by atoms with van der Waals surface area (Å²) in [6, 6.07) is 11.6. The molecule has 1 saturated carbocycles. The number of aromatic amines is 1. The van der Waals surface area contributed by atoms with Crippen molar-refractivity contribution < 1.29 is 13.7 Å². The molecule has 0 unspecified atom stereocenters. The molecule has 1 fully saturated rings. The molecule has 0 radical (unpaired) electrons. The third kappa shape index (κ3) is 3.70. The fourth-order valence-corrected chi connectivity index (χ4v) is 4.23. The topological polar surface area (TPSA) is 83.9 Å². The van der Waals surface area contributed by atoms with Gasteiger partial charge in [-0.15, -0.1) is 9.61 Å². The Balaban J connectivity index is 1.70. The van der Waals surface area contributed by atoms with Crippen molar-refractivity contribution in [1.82, 2.24) is 20.2 Å². The number of nitrogens with zero attached hydrogens (tertiary/aromatic N) is 3. The van der Waals surface area contributed by atoms with Crippen LogP contribution in [0.3, 0.4) is 0 Å². The highest BCUT2D eigenvalue weighted by atomic mass is 35.5. The van der Waals surface area contributed by atoms with E-state index in [0.29, 0.717) is 28.9 Å². The number of rotatable bonds is 5. The van der Waals surface area contributed by atoms with Crippen molar-refractivity contribution in [3.63, 3.8) is 0 Å². The molecule has 168 valence electrons. The van der Waals surface area contributed by atoms with Gasteiger partial charge in [0.05, 0.1) is 17.1 Å². The number of aryl methyl sites for hydroxylation is 2. The number of amides is 1. The van der Waals surface area contributed by atoms with Crippen LogP contribution in [0.4, 0.5) is 4.39 Å². The number of carbonyl (C=O) groups is 1. The number of halogens is 2. The van der Waals surface area contributed by atoms with E-state index in [9.17, 15) is 14.0 Å². The Morgan fingerprint density at radius 3 is 2.76 bits per heavy atom. The van der Waals surface area contributed by atoms with Crippen molar-refractivity contribution in [3.05, 3.63) is 74.8 Å². The van der Waals surface area contributed by atoms with Gasteiger partial charge in [-0.2, -0.15) is 4.68 Å². The summed E-state index contributed by atoms with van der Waals surface area (Å²) in [6.07, 6.45) is 1.99. The fraction of sp³-hybridized carbons (Fsp3) is 0.250. The minimum Gasteiger partial charge on any atom is -0.349 e. The van der Waals surface area contributed by atoms with E-state index >= 15 is 0 Å². The van der Waals surface area contributed by atoms with Crippen LogP contribution in [0, 0.1) is 12.7 Å². The molecule has 0 atom stereocenters. The Bertz CT molecular complexity index is 1450. The number of nitrogens with one attached hydrogen (secondary N) is 2. The Morgan fingerprint density at radius 1 is 1.27 bits per heavy atom. The zero-order chi connectivity index (χ0) is 23.3. The third-order valence-electron chi connectivity index (χ3n) is 5.88. The summed E-state index contributed by atoms with van der Waals surface area (Å²) < 4.78 is 17.6. The maximum absolute atomic E-state index is 14.6. The van der Waals surface area contributed by atoms with Crippen LogP contribution in [0.2, 0.25) is 5.02 Å². The Hall–Kier alpha value is -3.52. The summed E-state index contributed by atoms with van der Waals surface area (Å²) in [5, 5.41) is 10.3. The van der Waals surface area contributed by atoms with E-state index in [4.69, 9.17) is 11.6 Å². The summed E-state index contributed by atoms with van der Waals surface area (Å²) >= 11 is 6.26. The summed E-state index contributed by atoms with van der Waals surface area (Å²) in [5.41, 5.74) is 2.76. The maximum atomic E-state index is 14.6. The largest absolute Gasteiger partial charge is 0.349 e. The molecule has 0 aliphatic heterocycles. The number of benzene rings is 2. The second-order valence-corrected chi connectivity index (χ2v) is 8.60. The predicted octanol–water partition coefficient (Wildman–Crippen LogP) is 3.66. The maximum Gasteiger partial charge on any atom is 0.335 e. The normalized spacial score (nSPS) is 13.5. The highest BCUT2D eigenvalue weighted by Gasteiger charge is 2.28. The van der Waals surface area contributed by atoms with E-state index in [1.165, 1.54) is 21.3 Å². The summed E-state index contributed by atoms with van der Waals surface area (Å²) in [4.78, 5) is 26.1. The number of hydrogen-bond donors (Lipinski definition) is 2. The molecule has 1 amide bonds. The van der Waals surface area contributed by atoms with Gasteiger partial charge >= 0.3 is 5.82 Å². The monoisotopic (exact) mass is 466 g/mol. The predicted molar refractivity (Wildman–Crippen MR) is 123 cm³/mol. The quantitative estimate of drug-likeness (QED) is 0.440. The molecular formula is C24H22ClFN5O2+. The van der Waals surface area contributed by atoms with E-state index in [0.717, 1.165) is 18.4 Å². The van der Waals surface area contributed by atoms with Gasteiger partial charge in [-0.1, -0.05) is 23.7 Å². The van der Waals surface area contributed by atoms with Gasteiger partial charge in [-0.25, -0.2) is 4.39 Å². The first-order valence-corrected chi connectivity index (χ1v) is 11.2. The van der Waals surface area contributed by atoms with Crippen LogP contribution >= 0.6 is 11.6 Å². The molecule has 2 N–H and O–H groups in total. The zero-order valence-corrected chi connectivity index (χ0v) is 18.9. The van der Waals surface area contributed by atoms with Crippen LogP contribution in [0.1, 0.15) is 35.7 Å². The van der Waals surface area contributed by atoms with Crippen LogP contribution in [0.5, 0.6) is 0 Å². The van der Waals surface area contributed by atoms with Gasteiger partial charge < -0.3 is 5.32 Å². The molecule has 2 aromatic carbocycles. The van der Waals surface area contributed by atoms with Gasteiger partial charge in [0, 0.05) is 22.8 Å². The SMILES string of the molecule is CCn1c(=O)c(-c2cc(C(=O)NC3CC3)ccc2C)cc2[nH]nc(-c3c(F)cccc3Cl)[n+]21. The number of fused-ring (bicyclic) bond motifs is 1. The minimum absolute atomic E-state index is 0.111. The molecule has 9 heteroatoms. The van der Waals surface area contributed by atoms with Crippen LogP contribution in [0.15, 0.2) is 47.3 Å². The minimum atomic E-state index is -0.534. The zero-order valence-electron chi connectivity index (χ0n) is 18.2. The Labute approximate surface area is 193 Å². The average Bonchev–Trinajstić information content (AvgIpc) is 3.51. The number of H-pyrrole nitrogens is 1. The standard InChI is InChI=1S/C24H21ClFN5O2/c1-3-30-24(33)17(16-11-14(8-7-13(16)2)23(32)27-15-9-10-15)12-20-28-29-22(31(20)30)21-18(25)5-4-6-19(21)26/h4-8,11-12,15H,3,9-10H2,1-2H3,(H,27,32)/p+1. The van der Waals surface area contributed by atoms with E-state index < -0.39 is 5.82 Å². The van der Waals surface area contributed by atoms with Crippen molar-refractivity contribution in [2.24, 2.45) is 0 Å². The van der Waals surface area contributed by atoms with Crippen LogP contribution in [0.25, 0.3) is 28.2 Å². The molecule has 1 aliphatic rings. The first-order valence-electron chi connectivity index (χ1n) is 10.8. The Kier molecular flexibility index (Phi) is 5.25. The van der Waals surface area contributed by atoms with Crippen LogP contribution in [-0.2, 0) is 6.54 Å². The van der Waals surface area contributed by atoms with Gasteiger partial charge in [0.25, 0.3) is 17.1 Å².